The van der Waals surface area contributed by atoms with Crippen molar-refractivity contribution in [1.82, 2.24) is 24.8 Å². The lowest BCUT2D eigenvalue weighted by molar-refractivity contribution is 0.993. The summed E-state index contributed by atoms with van der Waals surface area (Å²) in [6.07, 6.45) is 12.3. The maximum atomic E-state index is 11.5. The molecule has 1 aliphatic heterocycles. The van der Waals surface area contributed by atoms with Gasteiger partial charge in [0.05, 0.1) is 6.33 Å². The summed E-state index contributed by atoms with van der Waals surface area (Å²) in [6.45, 7) is 0. The second-order valence-corrected chi connectivity index (χ2v) is 3.46. The molecule has 17 heavy (non-hydrogen) atoms. The maximum Gasteiger partial charge on any atom is 0.300 e. The summed E-state index contributed by atoms with van der Waals surface area (Å²) >= 11 is 0. The highest BCUT2D eigenvalue weighted by molar-refractivity contribution is 5.73. The van der Waals surface area contributed by atoms with Gasteiger partial charge in [0.2, 0.25) is 0 Å². The molecular weight excluding hydrogens is 218 g/mol. The van der Waals surface area contributed by atoms with E-state index < -0.39 is 0 Å². The Bertz CT molecular complexity index is 704. The number of nitrogens with one attached hydrogen (secondary N) is 2. The number of hydrogen-bond acceptors (Lipinski definition) is 4. The van der Waals surface area contributed by atoms with Gasteiger partial charge in [0.25, 0.3) is 0 Å². The topological polar surface area (TPSA) is 75.6 Å². The average molecular weight is 227 g/mol. The van der Waals surface area contributed by atoms with Gasteiger partial charge in [-0.3, -0.25) is 9.36 Å². The summed E-state index contributed by atoms with van der Waals surface area (Å²) in [5.74, 6) is 0.805. The Morgan fingerprint density at radius 1 is 1.18 bits per heavy atom. The highest BCUT2D eigenvalue weighted by Crippen LogP contribution is 2.10. The molecule has 2 aromatic heterocycles. The van der Waals surface area contributed by atoms with Crippen LogP contribution in [-0.2, 0) is 0 Å². The lowest BCUT2D eigenvalue weighted by Gasteiger charge is -2.07. The number of imidazole rings is 1. The van der Waals surface area contributed by atoms with Gasteiger partial charge in [-0.1, -0.05) is 12.2 Å². The van der Waals surface area contributed by atoms with E-state index in [0.29, 0.717) is 11.2 Å². The number of hydrogen-bond donors (Lipinski definition) is 2. The Kier molecular flexibility index (Phi) is 2.11. The van der Waals surface area contributed by atoms with Gasteiger partial charge in [-0.2, -0.15) is 4.98 Å². The summed E-state index contributed by atoms with van der Waals surface area (Å²) < 4.78 is 1.76. The van der Waals surface area contributed by atoms with Crippen molar-refractivity contribution in [1.29, 1.82) is 0 Å². The van der Waals surface area contributed by atoms with Gasteiger partial charge in [-0.25, -0.2) is 4.98 Å². The number of rotatable bonds is 1. The van der Waals surface area contributed by atoms with Crippen molar-refractivity contribution >= 4 is 17.0 Å². The fourth-order valence-corrected chi connectivity index (χ4v) is 1.64. The lowest BCUT2D eigenvalue weighted by atomic mass is 10.4. The molecule has 3 rings (SSSR count). The smallest absolute Gasteiger partial charge is 0.300 e. The summed E-state index contributed by atoms with van der Waals surface area (Å²) in [7, 11) is 0. The normalized spacial score (nSPS) is 14.5. The van der Waals surface area contributed by atoms with E-state index in [4.69, 9.17) is 0 Å². The molecule has 0 fully saturated rings. The molecule has 2 N–H and O–H groups in total. The van der Waals surface area contributed by atoms with Gasteiger partial charge in [0.15, 0.2) is 5.52 Å². The molecule has 1 aliphatic rings. The van der Waals surface area contributed by atoms with E-state index in [-0.39, 0.29) is 5.56 Å². The molecule has 84 valence electrons. The van der Waals surface area contributed by atoms with Crippen LogP contribution < -0.4 is 10.9 Å². The Balaban J connectivity index is 2.22. The summed E-state index contributed by atoms with van der Waals surface area (Å²) in [5.41, 5.74) is 0.609. The van der Waals surface area contributed by atoms with Crippen LogP contribution in [0.2, 0.25) is 0 Å². The van der Waals surface area contributed by atoms with E-state index in [1.807, 2.05) is 24.3 Å². The Morgan fingerprint density at radius 2 is 2.12 bits per heavy atom. The first-order chi connectivity index (χ1) is 8.36. The first-order valence-corrected chi connectivity index (χ1v) is 5.07. The van der Waals surface area contributed by atoms with E-state index in [2.05, 4.69) is 20.3 Å². The fourth-order valence-electron chi connectivity index (χ4n) is 1.64. The zero-order valence-electron chi connectivity index (χ0n) is 8.79. The molecule has 0 spiro atoms. The highest BCUT2D eigenvalue weighted by Gasteiger charge is 2.09. The van der Waals surface area contributed by atoms with Crippen LogP contribution in [0.3, 0.4) is 0 Å². The van der Waals surface area contributed by atoms with Gasteiger partial charge in [-0.15, -0.1) is 0 Å². The molecule has 0 aliphatic carbocycles. The van der Waals surface area contributed by atoms with Gasteiger partial charge < -0.3 is 10.3 Å². The van der Waals surface area contributed by atoms with Crippen LogP contribution in [-0.4, -0.2) is 19.5 Å². The molecule has 0 amide bonds. The van der Waals surface area contributed by atoms with Crippen molar-refractivity contribution in [2.75, 3.05) is 0 Å². The SMILES string of the molecule is O=c1nc[nH]c2c1ncn2C1=CC=CC=CN1. The molecule has 0 saturated heterocycles. The average Bonchev–Trinajstić information content (AvgIpc) is 2.59. The van der Waals surface area contributed by atoms with Crippen LogP contribution in [0.1, 0.15) is 0 Å². The van der Waals surface area contributed by atoms with Gasteiger partial charge >= 0.3 is 5.56 Å². The third-order valence-electron chi connectivity index (χ3n) is 2.42. The molecule has 6 heteroatoms. The number of fused-ring (bicyclic) bond motifs is 1. The fraction of sp³-hybridized carbons (Fsp3) is 0. The molecule has 0 radical (unpaired) electrons. The van der Waals surface area contributed by atoms with Crippen molar-refractivity contribution in [3.8, 4) is 0 Å². The highest BCUT2D eigenvalue weighted by atomic mass is 16.1. The third-order valence-corrected chi connectivity index (χ3v) is 2.42. The molecule has 0 atom stereocenters. The summed E-state index contributed by atoms with van der Waals surface area (Å²) in [4.78, 5) is 22.1. The lowest BCUT2D eigenvalue weighted by Crippen LogP contribution is -2.12. The molecule has 6 nitrogen and oxygen atoms in total. The summed E-state index contributed by atoms with van der Waals surface area (Å²) in [5, 5.41) is 3.09. The standard InChI is InChI=1S/C11H9N5O/c17-11-9-10(13-6-14-11)16(7-15-9)8-4-2-1-3-5-12-8/h1-7,12H,(H,13,14,17). The minimum atomic E-state index is -0.335. The second-order valence-electron chi connectivity index (χ2n) is 3.46. The van der Waals surface area contributed by atoms with Crippen molar-refractivity contribution < 1.29 is 0 Å². The van der Waals surface area contributed by atoms with Crippen molar-refractivity contribution in [2.24, 2.45) is 0 Å². The van der Waals surface area contributed by atoms with E-state index in [1.54, 1.807) is 17.1 Å². The zero-order valence-corrected chi connectivity index (χ0v) is 8.79. The predicted octanol–water partition coefficient (Wildman–Crippen LogP) is 0.591. The van der Waals surface area contributed by atoms with Gasteiger partial charge in [-0.05, 0) is 12.2 Å². The first-order valence-electron chi connectivity index (χ1n) is 5.07. The Hall–Kier alpha value is -2.63. The first kappa shape index (κ1) is 9.59. The molecule has 0 unspecified atom stereocenters. The number of allylic oxidation sites excluding steroid dienone is 4. The van der Waals surface area contributed by atoms with Gasteiger partial charge in [0.1, 0.15) is 17.8 Å². The summed E-state index contributed by atoms with van der Waals surface area (Å²) in [6, 6.07) is 0. The van der Waals surface area contributed by atoms with Crippen LogP contribution in [0.4, 0.5) is 0 Å². The molecular formula is C11H9N5O. The van der Waals surface area contributed by atoms with E-state index in [0.717, 1.165) is 5.82 Å². The number of aromatic nitrogens is 4. The number of aromatic amines is 1. The second kappa shape index (κ2) is 3.75. The van der Waals surface area contributed by atoms with Crippen LogP contribution in [0.25, 0.3) is 17.0 Å². The van der Waals surface area contributed by atoms with Crippen LogP contribution >= 0.6 is 0 Å². The maximum absolute atomic E-state index is 11.5. The quantitative estimate of drug-likeness (QED) is 0.747. The number of nitrogens with zero attached hydrogens (tertiary/aromatic N) is 3. The van der Waals surface area contributed by atoms with E-state index >= 15 is 0 Å². The molecule has 0 aromatic carbocycles. The zero-order chi connectivity index (χ0) is 11.7. The van der Waals surface area contributed by atoms with E-state index in [9.17, 15) is 4.79 Å². The third kappa shape index (κ3) is 1.55. The predicted molar refractivity (Wildman–Crippen MR) is 63.8 cm³/mol. The van der Waals surface area contributed by atoms with Gasteiger partial charge in [0, 0.05) is 6.20 Å². The Labute approximate surface area is 96.0 Å². The molecule has 3 heterocycles. The Morgan fingerprint density at radius 3 is 3.06 bits per heavy atom. The minimum absolute atomic E-state index is 0.326. The van der Waals surface area contributed by atoms with Crippen LogP contribution in [0.5, 0.6) is 0 Å². The van der Waals surface area contributed by atoms with Crippen molar-refractivity contribution in [2.45, 2.75) is 0 Å². The molecule has 2 aromatic rings. The van der Waals surface area contributed by atoms with Crippen molar-refractivity contribution in [3.63, 3.8) is 0 Å². The monoisotopic (exact) mass is 227 g/mol. The molecule has 0 bridgehead atoms. The van der Waals surface area contributed by atoms with Crippen molar-refractivity contribution in [3.05, 3.63) is 53.5 Å². The minimum Gasteiger partial charge on any atom is -0.348 e. The number of H-pyrrole nitrogens is 1. The van der Waals surface area contributed by atoms with Crippen LogP contribution in [0, 0.1) is 0 Å². The van der Waals surface area contributed by atoms with Crippen LogP contribution in [0.15, 0.2) is 48.0 Å². The molecule has 0 saturated carbocycles. The largest absolute Gasteiger partial charge is 0.348 e. The van der Waals surface area contributed by atoms with E-state index in [1.165, 1.54) is 6.33 Å².